The molecule has 2 rings (SSSR count). The van der Waals surface area contributed by atoms with Crippen LogP contribution in [0.1, 0.15) is 17.3 Å². The van der Waals surface area contributed by atoms with Gasteiger partial charge in [0.2, 0.25) is 0 Å². The van der Waals surface area contributed by atoms with Gasteiger partial charge in [0.25, 0.3) is 0 Å². The summed E-state index contributed by atoms with van der Waals surface area (Å²) in [6.07, 6.45) is 1.45. The molecule has 0 atom stereocenters. The van der Waals surface area contributed by atoms with Gasteiger partial charge < -0.3 is 15.8 Å². The maximum absolute atomic E-state index is 11.8. The number of aryl methyl sites for hydroxylation is 1. The van der Waals surface area contributed by atoms with E-state index < -0.39 is 5.97 Å². The molecule has 0 bridgehead atoms. The number of hydrogen-bond donors (Lipinski definition) is 2. The molecule has 108 valence electrons. The van der Waals surface area contributed by atoms with Gasteiger partial charge in [-0.25, -0.2) is 4.79 Å². The Bertz CT molecular complexity index is 645. The van der Waals surface area contributed by atoms with E-state index in [1.54, 1.807) is 36.9 Å². The number of nitrogens with zero attached hydrogens (tertiary/aromatic N) is 2. The zero-order valence-electron chi connectivity index (χ0n) is 11.9. The van der Waals surface area contributed by atoms with Crippen molar-refractivity contribution in [3.63, 3.8) is 0 Å². The van der Waals surface area contributed by atoms with Crippen LogP contribution in [-0.2, 0) is 31.3 Å². The number of anilines is 3. The minimum absolute atomic E-state index is 0. The minimum atomic E-state index is -0.435. The first-order chi connectivity index (χ1) is 9.52. The summed E-state index contributed by atoms with van der Waals surface area (Å²) >= 11 is 5.85. The van der Waals surface area contributed by atoms with Crippen molar-refractivity contribution in [1.29, 1.82) is 0 Å². The second kappa shape index (κ2) is 7.43. The predicted molar refractivity (Wildman–Crippen MR) is 78.3 cm³/mol. The van der Waals surface area contributed by atoms with Crippen molar-refractivity contribution in [3.8, 4) is 0 Å². The summed E-state index contributed by atoms with van der Waals surface area (Å²) in [6, 6.07) is 5.07. The number of nitrogens with two attached hydrogens (primary N) is 1. The van der Waals surface area contributed by atoms with E-state index in [1.807, 2.05) is 0 Å². The second-order valence-corrected chi connectivity index (χ2v) is 4.54. The number of carbonyl (C=O) groups is 1. The van der Waals surface area contributed by atoms with E-state index in [2.05, 4.69) is 10.4 Å². The molecule has 0 unspecified atom stereocenters. The Morgan fingerprint density at radius 2 is 2.24 bits per heavy atom. The van der Waals surface area contributed by atoms with Gasteiger partial charge in [-0.3, -0.25) is 4.68 Å². The average Bonchev–Trinajstić information content (AvgIpc) is 2.75. The smallest absolute Gasteiger partial charge is 0.343 e. The number of rotatable bonds is 4. The fourth-order valence-electron chi connectivity index (χ4n) is 1.72. The summed E-state index contributed by atoms with van der Waals surface area (Å²) < 4.78 is 6.53. The Kier molecular flexibility index (Phi) is 6.18. The van der Waals surface area contributed by atoms with Gasteiger partial charge in [0.1, 0.15) is 11.4 Å². The molecule has 0 amide bonds. The summed E-state index contributed by atoms with van der Waals surface area (Å²) in [4.78, 5) is 11.8. The van der Waals surface area contributed by atoms with Crippen LogP contribution in [0, 0.1) is 0 Å². The molecule has 0 fully saturated rings. The topological polar surface area (TPSA) is 82.2 Å². The van der Waals surface area contributed by atoms with Gasteiger partial charge in [0.05, 0.1) is 24.2 Å². The Labute approximate surface area is 140 Å². The van der Waals surface area contributed by atoms with Crippen molar-refractivity contribution in [2.45, 2.75) is 6.92 Å². The maximum Gasteiger partial charge on any atom is 0.343 e. The fourth-order valence-corrected chi connectivity index (χ4v) is 1.90. The minimum Gasteiger partial charge on any atom is -0.462 e. The number of halogens is 1. The number of esters is 1. The molecule has 21 heavy (non-hydrogen) atoms. The summed E-state index contributed by atoms with van der Waals surface area (Å²) in [5, 5.41) is 7.67. The van der Waals surface area contributed by atoms with Crippen LogP contribution in [0.5, 0.6) is 0 Å². The fraction of sp³-hybridized carbons (Fsp3) is 0.231. The van der Waals surface area contributed by atoms with Crippen molar-refractivity contribution >= 4 is 34.8 Å². The van der Waals surface area contributed by atoms with Gasteiger partial charge in [-0.1, -0.05) is 11.6 Å². The molecule has 0 spiro atoms. The van der Waals surface area contributed by atoms with E-state index in [1.165, 1.54) is 6.20 Å². The van der Waals surface area contributed by atoms with Gasteiger partial charge in [-0.2, -0.15) is 5.10 Å². The first-order valence-electron chi connectivity index (χ1n) is 6.04. The largest absolute Gasteiger partial charge is 0.462 e. The Morgan fingerprint density at radius 1 is 1.52 bits per heavy atom. The first kappa shape index (κ1) is 17.5. The molecule has 0 saturated carbocycles. The van der Waals surface area contributed by atoms with Crippen LogP contribution in [0.4, 0.5) is 17.2 Å². The third kappa shape index (κ3) is 3.96. The maximum atomic E-state index is 11.8. The van der Waals surface area contributed by atoms with Gasteiger partial charge >= 0.3 is 5.97 Å². The molecule has 0 radical (unpaired) electrons. The SMILES string of the molecule is CCOC(=O)c1cnn(C)c1Nc1ccc(Cl)cc1N.[Zn]. The quantitative estimate of drug-likeness (QED) is 0.498. The number of hydrogen-bond acceptors (Lipinski definition) is 5. The van der Waals surface area contributed by atoms with E-state index in [9.17, 15) is 4.79 Å². The number of aromatic nitrogens is 2. The van der Waals surface area contributed by atoms with Crippen molar-refractivity contribution in [2.75, 3.05) is 17.7 Å². The van der Waals surface area contributed by atoms with Gasteiger partial charge in [0.15, 0.2) is 0 Å². The molecule has 3 N–H and O–H groups in total. The monoisotopic (exact) mass is 358 g/mol. The predicted octanol–water partition coefficient (Wildman–Crippen LogP) is 2.57. The number of ether oxygens (including phenoxy) is 1. The molecule has 0 aliphatic rings. The van der Waals surface area contributed by atoms with E-state index >= 15 is 0 Å². The van der Waals surface area contributed by atoms with Crippen LogP contribution in [0.3, 0.4) is 0 Å². The summed E-state index contributed by atoms with van der Waals surface area (Å²) in [7, 11) is 1.72. The molecular formula is C13H15ClN4O2Zn. The molecule has 0 aliphatic heterocycles. The van der Waals surface area contributed by atoms with E-state index in [4.69, 9.17) is 22.1 Å². The molecule has 1 aromatic carbocycles. The Balaban J connectivity index is 0.00000220. The van der Waals surface area contributed by atoms with Crippen molar-refractivity contribution in [2.24, 2.45) is 7.05 Å². The molecule has 1 aromatic heterocycles. The Morgan fingerprint density at radius 3 is 2.86 bits per heavy atom. The number of carbonyl (C=O) groups excluding carboxylic acids is 1. The summed E-state index contributed by atoms with van der Waals surface area (Å²) in [5.41, 5.74) is 7.35. The average molecular weight is 360 g/mol. The third-order valence-corrected chi connectivity index (χ3v) is 2.94. The molecule has 0 saturated heterocycles. The third-order valence-electron chi connectivity index (χ3n) is 2.70. The van der Waals surface area contributed by atoms with Crippen LogP contribution in [-0.4, -0.2) is 22.4 Å². The van der Waals surface area contributed by atoms with Crippen LogP contribution in [0.15, 0.2) is 24.4 Å². The van der Waals surface area contributed by atoms with Crippen LogP contribution in [0.25, 0.3) is 0 Å². The molecule has 0 aliphatic carbocycles. The zero-order chi connectivity index (χ0) is 14.7. The van der Waals surface area contributed by atoms with Gasteiger partial charge in [-0.05, 0) is 25.1 Å². The summed E-state index contributed by atoms with van der Waals surface area (Å²) in [6.45, 7) is 2.05. The van der Waals surface area contributed by atoms with Gasteiger partial charge in [-0.15, -0.1) is 0 Å². The second-order valence-electron chi connectivity index (χ2n) is 4.11. The number of nitrogen functional groups attached to an aromatic ring is 1. The molecule has 6 nitrogen and oxygen atoms in total. The number of nitrogens with one attached hydrogen (secondary N) is 1. The standard InChI is InChI=1S/C13H15ClN4O2.Zn/c1-3-20-13(19)9-7-16-18(2)12(9)17-11-5-4-8(14)6-10(11)15;/h4-7,17H,3,15H2,1-2H3;. The van der Waals surface area contributed by atoms with Crippen LogP contribution < -0.4 is 11.1 Å². The number of benzene rings is 1. The van der Waals surface area contributed by atoms with Crippen molar-refractivity contribution < 1.29 is 29.0 Å². The molecular weight excluding hydrogens is 345 g/mol. The first-order valence-corrected chi connectivity index (χ1v) is 6.42. The van der Waals surface area contributed by atoms with Crippen LogP contribution >= 0.6 is 11.6 Å². The van der Waals surface area contributed by atoms with E-state index in [-0.39, 0.29) is 19.5 Å². The van der Waals surface area contributed by atoms with E-state index in [0.29, 0.717) is 34.4 Å². The van der Waals surface area contributed by atoms with Crippen LogP contribution in [0.2, 0.25) is 5.02 Å². The molecule has 2 aromatic rings. The van der Waals surface area contributed by atoms with Gasteiger partial charge in [0, 0.05) is 31.5 Å². The molecule has 1 heterocycles. The Hall–Kier alpha value is -1.59. The normalized spacial score (nSPS) is 9.86. The van der Waals surface area contributed by atoms with Crippen molar-refractivity contribution in [1.82, 2.24) is 9.78 Å². The zero-order valence-corrected chi connectivity index (χ0v) is 15.6. The summed E-state index contributed by atoms with van der Waals surface area (Å²) in [5.74, 6) is 0.0770. The van der Waals surface area contributed by atoms with Crippen molar-refractivity contribution in [3.05, 3.63) is 35.0 Å². The van der Waals surface area contributed by atoms with E-state index in [0.717, 1.165) is 0 Å². The molecule has 8 heteroatoms.